The van der Waals surface area contributed by atoms with Crippen LogP contribution in [0.2, 0.25) is 0 Å². The summed E-state index contributed by atoms with van der Waals surface area (Å²) in [5.41, 5.74) is 5.32. The minimum Gasteiger partial charge on any atom is -0.371 e. The third kappa shape index (κ3) is 8.71. The van der Waals surface area contributed by atoms with E-state index in [2.05, 4.69) is 67.9 Å². The molecule has 0 radical (unpaired) electrons. The topological polar surface area (TPSA) is 146 Å². The van der Waals surface area contributed by atoms with E-state index in [9.17, 15) is 19.5 Å². The van der Waals surface area contributed by atoms with Crippen LogP contribution in [0.4, 0.5) is 0 Å². The maximum absolute atomic E-state index is 13.8. The largest absolute Gasteiger partial charge is 0.371 e. The number of ketones is 1. The van der Waals surface area contributed by atoms with Gasteiger partial charge in [-0.05, 0) is 60.5 Å². The molecule has 6 atom stereocenters. The summed E-state index contributed by atoms with van der Waals surface area (Å²) in [6.07, 6.45) is 5.88. The Balaban J connectivity index is 1.25. The zero-order chi connectivity index (χ0) is 33.1. The van der Waals surface area contributed by atoms with E-state index in [0.717, 1.165) is 44.3 Å². The summed E-state index contributed by atoms with van der Waals surface area (Å²) >= 11 is 1.85. The Morgan fingerprint density at radius 2 is 1.80 bits per heavy atom. The zero-order valence-corrected chi connectivity index (χ0v) is 28.8. The molecule has 1 aromatic rings. The molecule has 0 aromatic heterocycles. The highest BCUT2D eigenvalue weighted by Crippen LogP contribution is 2.64. The van der Waals surface area contributed by atoms with Crippen LogP contribution in [0, 0.1) is 29.1 Å². The summed E-state index contributed by atoms with van der Waals surface area (Å²) in [7, 11) is 0. The van der Waals surface area contributed by atoms with Gasteiger partial charge < -0.3 is 20.1 Å². The Labute approximate surface area is 278 Å². The SMILES string of the molecule is CC(C)COC(NCC(=O)N1CC2C(C1C(=O)NC(CC1CC1)C(=O)C(N)O)C2(C)C)NC1(CSc2ccccc2)CCCCC1. The van der Waals surface area contributed by atoms with Gasteiger partial charge in [0.25, 0.3) is 0 Å². The number of ether oxygens (including phenoxy) is 1. The van der Waals surface area contributed by atoms with E-state index >= 15 is 0 Å². The monoisotopic (exact) mass is 657 g/mol. The van der Waals surface area contributed by atoms with Crippen LogP contribution in [0.15, 0.2) is 35.2 Å². The highest BCUT2D eigenvalue weighted by molar-refractivity contribution is 7.99. The summed E-state index contributed by atoms with van der Waals surface area (Å²) < 4.78 is 6.32. The fourth-order valence-corrected chi connectivity index (χ4v) is 8.70. The smallest absolute Gasteiger partial charge is 0.243 e. The molecule has 1 heterocycles. The fourth-order valence-electron chi connectivity index (χ4n) is 7.54. The summed E-state index contributed by atoms with van der Waals surface area (Å²) in [6.45, 7) is 9.54. The van der Waals surface area contributed by atoms with Crippen LogP contribution in [-0.2, 0) is 19.1 Å². The van der Waals surface area contributed by atoms with Gasteiger partial charge in [-0.15, -0.1) is 11.8 Å². The summed E-state index contributed by atoms with van der Waals surface area (Å²) in [4.78, 5) is 43.3. The number of amides is 2. The van der Waals surface area contributed by atoms with Gasteiger partial charge in [0.05, 0.1) is 19.2 Å². The maximum atomic E-state index is 13.8. The minimum absolute atomic E-state index is 0.0163. The van der Waals surface area contributed by atoms with E-state index in [-0.39, 0.29) is 41.1 Å². The number of carbonyl (C=O) groups excluding carboxylic acids is 3. The number of piperidine rings is 1. The van der Waals surface area contributed by atoms with Gasteiger partial charge in [-0.25, -0.2) is 0 Å². The number of benzene rings is 1. The molecular weight excluding hydrogens is 602 g/mol. The number of thioether (sulfide) groups is 1. The van der Waals surface area contributed by atoms with Gasteiger partial charge in [0.15, 0.2) is 18.4 Å². The van der Waals surface area contributed by atoms with Gasteiger partial charge in [0, 0.05) is 22.7 Å². The third-order valence-electron chi connectivity index (χ3n) is 10.6. The molecule has 3 aliphatic carbocycles. The summed E-state index contributed by atoms with van der Waals surface area (Å²) in [5.74, 6) is 0.722. The quantitative estimate of drug-likeness (QED) is 0.126. The Morgan fingerprint density at radius 3 is 2.43 bits per heavy atom. The average molecular weight is 658 g/mol. The Hall–Kier alpha value is -2.02. The number of hydrogen-bond acceptors (Lipinski definition) is 9. The van der Waals surface area contributed by atoms with Gasteiger partial charge in [-0.3, -0.25) is 30.8 Å². The predicted octanol–water partition coefficient (Wildman–Crippen LogP) is 3.23. The van der Waals surface area contributed by atoms with Crippen LogP contribution in [-0.4, -0.2) is 83.3 Å². The van der Waals surface area contributed by atoms with Gasteiger partial charge in [-0.1, -0.05) is 78.0 Å². The molecule has 0 spiro atoms. The lowest BCUT2D eigenvalue weighted by molar-refractivity contribution is -0.142. The second-order valence-corrected chi connectivity index (χ2v) is 16.2. The van der Waals surface area contributed by atoms with Crippen molar-refractivity contribution in [3.05, 3.63) is 30.3 Å². The van der Waals surface area contributed by atoms with E-state index in [1.54, 1.807) is 4.90 Å². The number of fused-ring (bicyclic) bond motifs is 1. The van der Waals surface area contributed by atoms with Gasteiger partial charge in [-0.2, -0.15) is 0 Å². The van der Waals surface area contributed by atoms with Crippen molar-refractivity contribution in [3.8, 4) is 0 Å². The van der Waals surface area contributed by atoms with Crippen LogP contribution in [0.25, 0.3) is 0 Å². The first kappa shape index (κ1) is 35.3. The first-order valence-corrected chi connectivity index (χ1v) is 18.3. The standard InChI is InChI=1S/C35H55N5O5S/c1-22(2)20-45-33(39-35(15-9-6-10-16-35)21-46-24-11-7-5-8-12-24)37-18-27(41)40-19-25-28(34(25,3)4)29(40)32(44)38-26(17-23-13-14-23)30(42)31(36)43/h5,7-8,11-12,22-23,25-26,28-29,31,33,37,39,43H,6,9-10,13-21,36H2,1-4H3,(H,38,44). The average Bonchev–Trinajstić information content (AvgIpc) is 3.89. The molecule has 1 aliphatic heterocycles. The van der Waals surface area contributed by atoms with Crippen molar-refractivity contribution in [1.29, 1.82) is 0 Å². The van der Waals surface area contributed by atoms with Crippen molar-refractivity contribution >= 4 is 29.4 Å². The van der Waals surface area contributed by atoms with Crippen LogP contribution in [0.3, 0.4) is 0 Å². The number of nitrogens with zero attached hydrogens (tertiary/aromatic N) is 1. The molecule has 2 amide bonds. The van der Waals surface area contributed by atoms with Crippen molar-refractivity contribution in [2.45, 2.75) is 114 Å². The number of aliphatic hydroxyl groups is 1. The van der Waals surface area contributed by atoms with E-state index in [1.807, 2.05) is 17.8 Å². The van der Waals surface area contributed by atoms with Gasteiger partial charge in [0.1, 0.15) is 6.04 Å². The number of hydrogen-bond donors (Lipinski definition) is 5. The first-order chi connectivity index (χ1) is 21.9. The molecule has 4 aliphatic rings. The van der Waals surface area contributed by atoms with Crippen molar-refractivity contribution in [1.82, 2.24) is 20.9 Å². The molecule has 6 N–H and O–H groups in total. The number of nitrogens with one attached hydrogen (secondary N) is 3. The Kier molecular flexibility index (Phi) is 11.5. The number of rotatable bonds is 17. The van der Waals surface area contributed by atoms with Crippen molar-refractivity contribution in [2.24, 2.45) is 34.8 Å². The first-order valence-electron chi connectivity index (χ1n) is 17.3. The van der Waals surface area contributed by atoms with E-state index in [0.29, 0.717) is 31.4 Å². The van der Waals surface area contributed by atoms with Crippen LogP contribution < -0.4 is 21.7 Å². The predicted molar refractivity (Wildman–Crippen MR) is 179 cm³/mol. The second kappa shape index (κ2) is 15.0. The minimum atomic E-state index is -1.64. The maximum Gasteiger partial charge on any atom is 0.243 e. The third-order valence-corrected chi connectivity index (χ3v) is 11.9. The van der Waals surface area contributed by atoms with Gasteiger partial charge in [0.2, 0.25) is 11.8 Å². The number of aliphatic hydroxyl groups excluding tert-OH is 1. The Bertz CT molecular complexity index is 1200. The number of carbonyl (C=O) groups is 3. The van der Waals surface area contributed by atoms with Crippen molar-refractivity contribution in [2.75, 3.05) is 25.4 Å². The highest BCUT2D eigenvalue weighted by Gasteiger charge is 2.69. The highest BCUT2D eigenvalue weighted by atomic mass is 32.2. The lowest BCUT2D eigenvalue weighted by Gasteiger charge is -2.41. The lowest BCUT2D eigenvalue weighted by Crippen LogP contribution is -2.61. The number of likely N-dealkylation sites (tertiary alicyclic amines) is 1. The molecule has 46 heavy (non-hydrogen) atoms. The van der Waals surface area contributed by atoms with Crippen LogP contribution in [0.1, 0.15) is 79.1 Å². The zero-order valence-electron chi connectivity index (χ0n) is 28.0. The van der Waals surface area contributed by atoms with Crippen molar-refractivity contribution < 1.29 is 24.2 Å². The molecule has 1 aromatic carbocycles. The molecule has 10 nitrogen and oxygen atoms in total. The normalized spacial score (nSPS) is 26.7. The van der Waals surface area contributed by atoms with Crippen LogP contribution in [0.5, 0.6) is 0 Å². The number of Topliss-reactive ketones (excluding diaryl/α,β-unsaturated/α-hetero) is 1. The van der Waals surface area contributed by atoms with E-state index in [4.69, 9.17) is 10.5 Å². The molecule has 1 saturated heterocycles. The fraction of sp³-hybridized carbons (Fsp3) is 0.743. The molecule has 0 bridgehead atoms. The van der Waals surface area contributed by atoms with E-state index in [1.165, 1.54) is 11.3 Å². The molecule has 256 valence electrons. The lowest BCUT2D eigenvalue weighted by atomic mass is 9.83. The molecule has 3 saturated carbocycles. The van der Waals surface area contributed by atoms with Gasteiger partial charge >= 0.3 is 0 Å². The molecule has 11 heteroatoms. The van der Waals surface area contributed by atoms with Crippen molar-refractivity contribution in [3.63, 3.8) is 0 Å². The number of nitrogens with two attached hydrogens (primary N) is 1. The van der Waals surface area contributed by atoms with E-state index < -0.39 is 30.4 Å². The molecule has 6 unspecified atom stereocenters. The molecular formula is C35H55N5O5S. The molecule has 5 rings (SSSR count). The van der Waals surface area contributed by atoms with Crippen LogP contribution >= 0.6 is 11.8 Å². The summed E-state index contributed by atoms with van der Waals surface area (Å²) in [6, 6.07) is 8.92. The molecule has 4 fully saturated rings. The summed E-state index contributed by atoms with van der Waals surface area (Å²) in [5, 5.41) is 19.9. The second-order valence-electron chi connectivity index (χ2n) is 15.1. The Morgan fingerprint density at radius 1 is 1.11 bits per heavy atom.